The largest absolute Gasteiger partial charge is 0.334 e. The minimum atomic E-state index is -3.27. The standard InChI is InChI=1S/C16H21N3O4S/c20-15(16(21)18-8-2-1-3-9-18)17-13-6-4-7-14(12-13)19-10-5-11-24(19,22)23/h4,6-7,12H,1-3,5,8-11H2,(H,17,20). The van der Waals surface area contributed by atoms with Crippen LogP contribution in [0.4, 0.5) is 11.4 Å². The minimum absolute atomic E-state index is 0.136. The molecule has 0 saturated carbocycles. The number of amides is 2. The van der Waals surface area contributed by atoms with E-state index in [1.54, 1.807) is 29.2 Å². The third-order valence-electron chi connectivity index (χ3n) is 4.33. The van der Waals surface area contributed by atoms with Crippen molar-refractivity contribution in [2.24, 2.45) is 0 Å². The zero-order valence-corrected chi connectivity index (χ0v) is 14.2. The van der Waals surface area contributed by atoms with Crippen molar-refractivity contribution in [1.82, 2.24) is 4.90 Å². The predicted molar refractivity (Wildman–Crippen MR) is 91.3 cm³/mol. The molecule has 2 aliphatic rings. The van der Waals surface area contributed by atoms with Crippen molar-refractivity contribution in [2.75, 3.05) is 35.0 Å². The molecule has 7 nitrogen and oxygen atoms in total. The van der Waals surface area contributed by atoms with Crippen LogP contribution < -0.4 is 9.62 Å². The maximum atomic E-state index is 12.2. The Morgan fingerprint density at radius 3 is 2.42 bits per heavy atom. The van der Waals surface area contributed by atoms with Crippen molar-refractivity contribution >= 4 is 33.2 Å². The van der Waals surface area contributed by atoms with Gasteiger partial charge in [0.25, 0.3) is 0 Å². The average molecular weight is 351 g/mol. The Balaban J connectivity index is 1.70. The summed E-state index contributed by atoms with van der Waals surface area (Å²) in [7, 11) is -3.27. The highest BCUT2D eigenvalue weighted by molar-refractivity contribution is 7.93. The van der Waals surface area contributed by atoms with Crippen molar-refractivity contribution in [3.63, 3.8) is 0 Å². The van der Waals surface area contributed by atoms with Gasteiger partial charge in [-0.05, 0) is 43.9 Å². The zero-order valence-electron chi connectivity index (χ0n) is 13.4. The second-order valence-electron chi connectivity index (χ2n) is 6.10. The Bertz CT molecular complexity index is 741. The molecule has 8 heteroatoms. The number of nitrogens with zero attached hydrogens (tertiary/aromatic N) is 2. The Hall–Kier alpha value is -2.09. The van der Waals surface area contributed by atoms with Crippen LogP contribution in [0.3, 0.4) is 0 Å². The van der Waals surface area contributed by atoms with E-state index < -0.39 is 21.8 Å². The van der Waals surface area contributed by atoms with E-state index >= 15 is 0 Å². The van der Waals surface area contributed by atoms with Gasteiger partial charge in [-0.25, -0.2) is 8.42 Å². The molecule has 130 valence electrons. The number of sulfonamides is 1. The van der Waals surface area contributed by atoms with Gasteiger partial charge >= 0.3 is 11.8 Å². The molecule has 0 aromatic heterocycles. The third kappa shape index (κ3) is 3.53. The smallest absolute Gasteiger partial charge is 0.313 e. The van der Waals surface area contributed by atoms with Gasteiger partial charge in [-0.3, -0.25) is 13.9 Å². The van der Waals surface area contributed by atoms with E-state index in [4.69, 9.17) is 0 Å². The van der Waals surface area contributed by atoms with E-state index in [1.165, 1.54) is 4.31 Å². The molecule has 0 bridgehead atoms. The number of benzene rings is 1. The van der Waals surface area contributed by atoms with Crippen LogP contribution >= 0.6 is 0 Å². The first kappa shape index (κ1) is 16.8. The van der Waals surface area contributed by atoms with Gasteiger partial charge in [0.1, 0.15) is 0 Å². The summed E-state index contributed by atoms with van der Waals surface area (Å²) < 4.78 is 25.3. The van der Waals surface area contributed by atoms with Crippen LogP contribution in [0.1, 0.15) is 25.7 Å². The summed E-state index contributed by atoms with van der Waals surface area (Å²) in [6.07, 6.45) is 3.51. The zero-order chi connectivity index (χ0) is 17.2. The Labute approximate surface area is 141 Å². The van der Waals surface area contributed by atoms with Crippen LogP contribution in [-0.4, -0.2) is 50.5 Å². The Morgan fingerprint density at radius 2 is 1.75 bits per heavy atom. The quantitative estimate of drug-likeness (QED) is 0.811. The summed E-state index contributed by atoms with van der Waals surface area (Å²) in [5, 5.41) is 2.58. The number of rotatable bonds is 2. The first-order valence-electron chi connectivity index (χ1n) is 8.18. The lowest BCUT2D eigenvalue weighted by Crippen LogP contribution is -2.42. The van der Waals surface area contributed by atoms with E-state index in [0.717, 1.165) is 19.3 Å². The van der Waals surface area contributed by atoms with Crippen molar-refractivity contribution in [3.8, 4) is 0 Å². The van der Waals surface area contributed by atoms with Gasteiger partial charge in [-0.2, -0.15) is 0 Å². The lowest BCUT2D eigenvalue weighted by molar-refractivity contribution is -0.143. The maximum Gasteiger partial charge on any atom is 0.313 e. The van der Waals surface area contributed by atoms with Crippen molar-refractivity contribution in [3.05, 3.63) is 24.3 Å². The fraction of sp³-hybridized carbons (Fsp3) is 0.500. The second kappa shape index (κ2) is 6.80. The number of nitrogens with one attached hydrogen (secondary N) is 1. The Morgan fingerprint density at radius 1 is 1.00 bits per heavy atom. The number of hydrogen-bond donors (Lipinski definition) is 1. The summed E-state index contributed by atoms with van der Waals surface area (Å²) in [4.78, 5) is 25.9. The van der Waals surface area contributed by atoms with Crippen molar-refractivity contribution in [1.29, 1.82) is 0 Å². The monoisotopic (exact) mass is 351 g/mol. The number of hydrogen-bond acceptors (Lipinski definition) is 4. The second-order valence-corrected chi connectivity index (χ2v) is 8.11. The third-order valence-corrected chi connectivity index (χ3v) is 6.20. The molecule has 0 aliphatic carbocycles. The van der Waals surface area contributed by atoms with Crippen LogP contribution in [0.15, 0.2) is 24.3 Å². The number of carbonyl (C=O) groups excluding carboxylic acids is 2. The van der Waals surface area contributed by atoms with Crippen LogP contribution in [0.25, 0.3) is 0 Å². The lowest BCUT2D eigenvalue weighted by Gasteiger charge is -2.26. The molecule has 2 heterocycles. The highest BCUT2D eigenvalue weighted by Crippen LogP contribution is 2.26. The molecule has 0 spiro atoms. The molecule has 0 atom stereocenters. The van der Waals surface area contributed by atoms with E-state index in [-0.39, 0.29) is 5.75 Å². The minimum Gasteiger partial charge on any atom is -0.334 e. The first-order chi connectivity index (χ1) is 11.5. The van der Waals surface area contributed by atoms with Gasteiger partial charge in [0, 0.05) is 25.3 Å². The molecule has 24 heavy (non-hydrogen) atoms. The van der Waals surface area contributed by atoms with Gasteiger partial charge in [0.05, 0.1) is 11.4 Å². The number of piperidine rings is 1. The van der Waals surface area contributed by atoms with Crippen molar-refractivity contribution in [2.45, 2.75) is 25.7 Å². The molecule has 2 aliphatic heterocycles. The Kier molecular flexibility index (Phi) is 4.75. The molecule has 3 rings (SSSR count). The van der Waals surface area contributed by atoms with Gasteiger partial charge in [-0.1, -0.05) is 6.07 Å². The molecule has 2 saturated heterocycles. The number of likely N-dealkylation sites (tertiary alicyclic amines) is 1. The topological polar surface area (TPSA) is 86.8 Å². The maximum absolute atomic E-state index is 12.2. The molecule has 2 amide bonds. The van der Waals surface area contributed by atoms with Gasteiger partial charge < -0.3 is 10.2 Å². The van der Waals surface area contributed by atoms with Crippen LogP contribution in [0.5, 0.6) is 0 Å². The molecule has 0 radical (unpaired) electrons. The first-order valence-corrected chi connectivity index (χ1v) is 9.79. The fourth-order valence-electron chi connectivity index (χ4n) is 3.09. The van der Waals surface area contributed by atoms with Crippen molar-refractivity contribution < 1.29 is 18.0 Å². The van der Waals surface area contributed by atoms with E-state index in [0.29, 0.717) is 37.4 Å². The molecule has 1 aromatic carbocycles. The van der Waals surface area contributed by atoms with Gasteiger partial charge in [0.2, 0.25) is 10.0 Å². The summed E-state index contributed by atoms with van der Waals surface area (Å²) in [6, 6.07) is 6.59. The number of carbonyl (C=O) groups is 2. The molecule has 0 unspecified atom stereocenters. The van der Waals surface area contributed by atoms with Crippen LogP contribution in [0.2, 0.25) is 0 Å². The highest BCUT2D eigenvalue weighted by atomic mass is 32.2. The summed E-state index contributed by atoms with van der Waals surface area (Å²) >= 11 is 0. The van der Waals surface area contributed by atoms with Crippen LogP contribution in [-0.2, 0) is 19.6 Å². The number of anilines is 2. The molecule has 1 N–H and O–H groups in total. The highest BCUT2D eigenvalue weighted by Gasteiger charge is 2.29. The van der Waals surface area contributed by atoms with E-state index in [9.17, 15) is 18.0 Å². The fourth-order valence-corrected chi connectivity index (χ4v) is 4.65. The molecular formula is C16H21N3O4S. The molecule has 1 aromatic rings. The summed E-state index contributed by atoms with van der Waals surface area (Å²) in [6.45, 7) is 1.66. The van der Waals surface area contributed by atoms with Gasteiger partial charge in [-0.15, -0.1) is 0 Å². The van der Waals surface area contributed by atoms with E-state index in [2.05, 4.69) is 5.32 Å². The normalized spacial score (nSPS) is 20.0. The SMILES string of the molecule is O=C(Nc1cccc(N2CCCS2(=O)=O)c1)C(=O)N1CCCCC1. The lowest BCUT2D eigenvalue weighted by atomic mass is 10.1. The predicted octanol–water partition coefficient (Wildman–Crippen LogP) is 1.18. The van der Waals surface area contributed by atoms with E-state index in [1.807, 2.05) is 0 Å². The summed E-state index contributed by atoms with van der Waals surface area (Å²) in [5.74, 6) is -1.08. The molecular weight excluding hydrogens is 330 g/mol. The summed E-state index contributed by atoms with van der Waals surface area (Å²) in [5.41, 5.74) is 0.931. The van der Waals surface area contributed by atoms with Crippen LogP contribution in [0, 0.1) is 0 Å². The van der Waals surface area contributed by atoms with Gasteiger partial charge in [0.15, 0.2) is 0 Å². The molecule has 2 fully saturated rings. The average Bonchev–Trinajstić information content (AvgIpc) is 2.94.